The third-order valence-electron chi connectivity index (χ3n) is 3.98. The Morgan fingerprint density at radius 3 is 2.80 bits per heavy atom. The van der Waals surface area contributed by atoms with Crippen LogP contribution in [0, 0.1) is 5.82 Å². The van der Waals surface area contributed by atoms with Gasteiger partial charge in [0.1, 0.15) is 5.82 Å². The molecule has 1 unspecified atom stereocenters. The van der Waals surface area contributed by atoms with Gasteiger partial charge in [0.2, 0.25) is 5.91 Å². The summed E-state index contributed by atoms with van der Waals surface area (Å²) in [5.41, 5.74) is 1.30. The van der Waals surface area contributed by atoms with Crippen LogP contribution in [0.15, 0.2) is 48.5 Å². The summed E-state index contributed by atoms with van der Waals surface area (Å²) in [7, 11) is 0. The number of hydrogen-bond donors (Lipinski definition) is 2. The van der Waals surface area contributed by atoms with Crippen molar-refractivity contribution in [2.75, 3.05) is 11.4 Å². The van der Waals surface area contributed by atoms with E-state index in [2.05, 4.69) is 10.6 Å². The molecule has 1 fully saturated rings. The van der Waals surface area contributed by atoms with Gasteiger partial charge in [0.15, 0.2) is 0 Å². The number of hydrogen-bond acceptors (Lipinski definition) is 2. The predicted octanol–water partition coefficient (Wildman–Crippen LogP) is 3.08. The fraction of sp³-hybridized carbons (Fsp3) is 0.222. The predicted molar refractivity (Wildman–Crippen MR) is 94.0 cm³/mol. The van der Waals surface area contributed by atoms with Crippen LogP contribution in [0.4, 0.5) is 14.9 Å². The van der Waals surface area contributed by atoms with Gasteiger partial charge in [-0.1, -0.05) is 35.9 Å². The van der Waals surface area contributed by atoms with Crippen LogP contribution in [0.2, 0.25) is 5.02 Å². The molecule has 1 heterocycles. The molecule has 0 bridgehead atoms. The Balaban J connectivity index is 1.54. The number of nitrogens with one attached hydrogen (secondary N) is 2. The SMILES string of the molecule is O=C(NCc1ccccc1Cl)NC1CC(=O)N(c2cccc(F)c2)C1. The van der Waals surface area contributed by atoms with E-state index in [-0.39, 0.29) is 24.4 Å². The molecule has 1 aliphatic heterocycles. The first-order chi connectivity index (χ1) is 12.0. The fourth-order valence-corrected chi connectivity index (χ4v) is 2.95. The lowest BCUT2D eigenvalue weighted by Crippen LogP contribution is -2.43. The van der Waals surface area contributed by atoms with Crippen molar-refractivity contribution in [3.63, 3.8) is 0 Å². The van der Waals surface area contributed by atoms with E-state index in [1.807, 2.05) is 18.2 Å². The molecule has 1 saturated heterocycles. The number of halogens is 2. The van der Waals surface area contributed by atoms with Gasteiger partial charge < -0.3 is 15.5 Å². The zero-order valence-corrected chi connectivity index (χ0v) is 14.1. The number of carbonyl (C=O) groups excluding carboxylic acids is 2. The van der Waals surface area contributed by atoms with Crippen molar-refractivity contribution in [1.82, 2.24) is 10.6 Å². The normalized spacial score (nSPS) is 16.8. The van der Waals surface area contributed by atoms with E-state index in [9.17, 15) is 14.0 Å². The van der Waals surface area contributed by atoms with Gasteiger partial charge in [-0.15, -0.1) is 0 Å². The molecule has 0 aliphatic carbocycles. The second-order valence-electron chi connectivity index (χ2n) is 5.80. The van der Waals surface area contributed by atoms with Crippen molar-refractivity contribution in [3.8, 4) is 0 Å². The van der Waals surface area contributed by atoms with Crippen molar-refractivity contribution in [2.24, 2.45) is 0 Å². The molecule has 7 heteroatoms. The summed E-state index contributed by atoms with van der Waals surface area (Å²) in [5, 5.41) is 6.06. The third-order valence-corrected chi connectivity index (χ3v) is 4.35. The number of nitrogens with zero attached hydrogens (tertiary/aromatic N) is 1. The van der Waals surface area contributed by atoms with Crippen LogP contribution in [0.5, 0.6) is 0 Å². The Bertz CT molecular complexity index is 799. The highest BCUT2D eigenvalue weighted by Crippen LogP contribution is 2.22. The van der Waals surface area contributed by atoms with Crippen molar-refractivity contribution < 1.29 is 14.0 Å². The maximum Gasteiger partial charge on any atom is 0.315 e. The lowest BCUT2D eigenvalue weighted by molar-refractivity contribution is -0.117. The lowest BCUT2D eigenvalue weighted by atomic mass is 10.2. The lowest BCUT2D eigenvalue weighted by Gasteiger charge is -2.17. The standard InChI is InChI=1S/C18H17ClFN3O2/c19-16-7-2-1-4-12(16)10-21-18(25)22-14-9-17(24)23(11-14)15-6-3-5-13(20)8-15/h1-8,14H,9-11H2,(H2,21,22,25). The molecule has 0 spiro atoms. The zero-order valence-electron chi connectivity index (χ0n) is 13.3. The van der Waals surface area contributed by atoms with Crippen LogP contribution in [0.25, 0.3) is 0 Å². The maximum absolute atomic E-state index is 13.3. The second-order valence-corrected chi connectivity index (χ2v) is 6.21. The molecule has 25 heavy (non-hydrogen) atoms. The number of amides is 3. The van der Waals surface area contributed by atoms with Gasteiger partial charge in [-0.05, 0) is 29.8 Å². The molecule has 2 aromatic rings. The Morgan fingerprint density at radius 2 is 2.04 bits per heavy atom. The molecule has 2 N–H and O–H groups in total. The molecule has 0 saturated carbocycles. The zero-order chi connectivity index (χ0) is 17.8. The average Bonchev–Trinajstić information content (AvgIpc) is 2.94. The van der Waals surface area contributed by atoms with Gasteiger partial charge >= 0.3 is 6.03 Å². The minimum Gasteiger partial charge on any atom is -0.334 e. The van der Waals surface area contributed by atoms with Crippen molar-refractivity contribution >= 4 is 29.2 Å². The first-order valence-electron chi connectivity index (χ1n) is 7.86. The largest absolute Gasteiger partial charge is 0.334 e. The van der Waals surface area contributed by atoms with Gasteiger partial charge in [0.25, 0.3) is 0 Å². The highest BCUT2D eigenvalue weighted by atomic mass is 35.5. The summed E-state index contributed by atoms with van der Waals surface area (Å²) in [5.74, 6) is -0.554. The minimum absolute atomic E-state index is 0.151. The Labute approximate surface area is 149 Å². The first-order valence-corrected chi connectivity index (χ1v) is 8.24. The third kappa shape index (κ3) is 4.28. The summed E-state index contributed by atoms with van der Waals surface area (Å²) in [4.78, 5) is 25.6. The molecular weight excluding hydrogens is 345 g/mol. The molecule has 1 atom stereocenters. The molecule has 0 radical (unpaired) electrons. The Hall–Kier alpha value is -2.60. The van der Waals surface area contributed by atoms with E-state index in [0.29, 0.717) is 23.8 Å². The molecule has 0 aromatic heterocycles. The van der Waals surface area contributed by atoms with Crippen molar-refractivity contribution in [1.29, 1.82) is 0 Å². The van der Waals surface area contributed by atoms with E-state index in [1.54, 1.807) is 18.2 Å². The number of rotatable bonds is 4. The fourth-order valence-electron chi connectivity index (χ4n) is 2.75. The molecule has 1 aliphatic rings. The van der Waals surface area contributed by atoms with Gasteiger partial charge in [0, 0.05) is 30.2 Å². The Morgan fingerprint density at radius 1 is 1.24 bits per heavy atom. The summed E-state index contributed by atoms with van der Waals surface area (Å²) in [6.45, 7) is 0.599. The quantitative estimate of drug-likeness (QED) is 0.879. The topological polar surface area (TPSA) is 61.4 Å². The number of carbonyl (C=O) groups is 2. The van der Waals surface area contributed by atoms with E-state index >= 15 is 0 Å². The van der Waals surface area contributed by atoms with Gasteiger partial charge in [-0.3, -0.25) is 4.79 Å². The molecule has 2 aromatic carbocycles. The molecule has 3 rings (SSSR count). The number of benzene rings is 2. The molecule has 5 nitrogen and oxygen atoms in total. The highest BCUT2D eigenvalue weighted by Gasteiger charge is 2.31. The van der Waals surface area contributed by atoms with Crippen LogP contribution in [-0.2, 0) is 11.3 Å². The van der Waals surface area contributed by atoms with Crippen molar-refractivity contribution in [2.45, 2.75) is 19.0 Å². The average molecular weight is 362 g/mol. The van der Waals surface area contributed by atoms with E-state index in [4.69, 9.17) is 11.6 Å². The first kappa shape index (κ1) is 17.2. The molecular formula is C18H17ClFN3O2. The summed E-state index contributed by atoms with van der Waals surface area (Å²) >= 11 is 6.04. The van der Waals surface area contributed by atoms with Crippen molar-refractivity contribution in [3.05, 3.63) is 64.9 Å². The van der Waals surface area contributed by atoms with Crippen LogP contribution in [0.3, 0.4) is 0 Å². The van der Waals surface area contributed by atoms with Crippen LogP contribution >= 0.6 is 11.6 Å². The maximum atomic E-state index is 13.3. The number of anilines is 1. The molecule has 130 valence electrons. The van der Waals surface area contributed by atoms with Crippen LogP contribution < -0.4 is 15.5 Å². The van der Waals surface area contributed by atoms with Crippen LogP contribution in [0.1, 0.15) is 12.0 Å². The van der Waals surface area contributed by atoms with Gasteiger partial charge in [-0.25, -0.2) is 9.18 Å². The monoisotopic (exact) mass is 361 g/mol. The smallest absolute Gasteiger partial charge is 0.315 e. The van der Waals surface area contributed by atoms with Gasteiger partial charge in [-0.2, -0.15) is 0 Å². The second kappa shape index (κ2) is 7.53. The minimum atomic E-state index is -0.404. The van der Waals surface area contributed by atoms with Gasteiger partial charge in [0.05, 0.1) is 6.04 Å². The summed E-state index contributed by atoms with van der Waals surface area (Å²) in [6.07, 6.45) is 0.177. The Kier molecular flexibility index (Phi) is 5.19. The molecule has 3 amide bonds. The van der Waals surface area contributed by atoms with E-state index in [0.717, 1.165) is 5.56 Å². The summed E-state index contributed by atoms with van der Waals surface area (Å²) in [6, 6.07) is 12.4. The highest BCUT2D eigenvalue weighted by molar-refractivity contribution is 6.31. The summed E-state index contributed by atoms with van der Waals surface area (Å²) < 4.78 is 13.3. The van der Waals surface area contributed by atoms with Crippen LogP contribution in [-0.4, -0.2) is 24.5 Å². The van der Waals surface area contributed by atoms with E-state index < -0.39 is 5.82 Å². The van der Waals surface area contributed by atoms with E-state index in [1.165, 1.54) is 17.0 Å². The number of urea groups is 1.